The molecule has 0 atom stereocenters. The van der Waals surface area contributed by atoms with Gasteiger partial charge in [-0.2, -0.15) is 13.2 Å². The fourth-order valence-corrected chi connectivity index (χ4v) is 1.35. The number of nitrogens with zero attached hydrogens (tertiary/aromatic N) is 1. The van der Waals surface area contributed by atoms with Gasteiger partial charge in [-0.25, -0.2) is 0 Å². The van der Waals surface area contributed by atoms with Crippen molar-refractivity contribution in [1.82, 2.24) is 4.98 Å². The van der Waals surface area contributed by atoms with Crippen LogP contribution in [0.2, 0.25) is 0 Å². The molecule has 0 aromatic carbocycles. The highest BCUT2D eigenvalue weighted by Gasteiger charge is 2.31. The molecular weight excluding hydrogens is 215 g/mol. The van der Waals surface area contributed by atoms with E-state index in [1.807, 2.05) is 0 Å². The Balaban J connectivity index is 2.84. The van der Waals surface area contributed by atoms with Crippen molar-refractivity contribution in [3.63, 3.8) is 0 Å². The second-order valence-electron chi connectivity index (χ2n) is 2.47. The minimum atomic E-state index is -4.43. The summed E-state index contributed by atoms with van der Waals surface area (Å²) in [5.41, 5.74) is -0.953. The summed E-state index contributed by atoms with van der Waals surface area (Å²) in [6, 6.07) is 2.08. The van der Waals surface area contributed by atoms with E-state index < -0.39 is 11.9 Å². The third-order valence-electron chi connectivity index (χ3n) is 1.29. The van der Waals surface area contributed by atoms with Crippen LogP contribution in [0.3, 0.4) is 0 Å². The second-order valence-corrected chi connectivity index (χ2v) is 3.72. The lowest BCUT2D eigenvalue weighted by Crippen LogP contribution is -2.07. The van der Waals surface area contributed by atoms with Gasteiger partial charge in [0.1, 0.15) is 5.69 Å². The molecule has 6 heteroatoms. The van der Waals surface area contributed by atoms with Gasteiger partial charge in [0.25, 0.3) is 0 Å². The highest BCUT2D eigenvalue weighted by molar-refractivity contribution is 8.13. The summed E-state index contributed by atoms with van der Waals surface area (Å²) in [6.07, 6.45) is -3.39. The normalized spacial score (nSPS) is 11.4. The van der Waals surface area contributed by atoms with E-state index in [0.717, 1.165) is 24.0 Å². The predicted molar refractivity (Wildman–Crippen MR) is 45.8 cm³/mol. The molecule has 0 aliphatic carbocycles. The zero-order chi connectivity index (χ0) is 10.8. The largest absolute Gasteiger partial charge is 0.433 e. The molecule has 1 heterocycles. The van der Waals surface area contributed by atoms with Gasteiger partial charge in [0.2, 0.25) is 0 Å². The Bertz CT molecular complexity index is 333. The van der Waals surface area contributed by atoms with Gasteiger partial charge in [0, 0.05) is 18.0 Å². The number of alkyl halides is 3. The van der Waals surface area contributed by atoms with Crippen molar-refractivity contribution < 1.29 is 18.0 Å². The van der Waals surface area contributed by atoms with Crippen molar-refractivity contribution in [3.8, 4) is 0 Å². The molecule has 0 bridgehead atoms. The number of carbonyl (C=O) groups excluding carboxylic acids is 1. The van der Waals surface area contributed by atoms with Crippen LogP contribution in [0.25, 0.3) is 0 Å². The number of aromatic nitrogens is 1. The van der Waals surface area contributed by atoms with Crippen molar-refractivity contribution in [3.05, 3.63) is 24.0 Å². The molecule has 76 valence electrons. The lowest BCUT2D eigenvalue weighted by Gasteiger charge is -2.05. The number of rotatable bonds is 1. The zero-order valence-electron chi connectivity index (χ0n) is 7.13. The zero-order valence-corrected chi connectivity index (χ0v) is 7.95. The fraction of sp³-hybridized carbons (Fsp3) is 0.250. The van der Waals surface area contributed by atoms with Crippen LogP contribution in [-0.2, 0) is 11.0 Å². The Labute approximate surface area is 82.5 Å². The first-order valence-corrected chi connectivity index (χ1v) is 4.43. The summed E-state index contributed by atoms with van der Waals surface area (Å²) in [7, 11) is 0. The van der Waals surface area contributed by atoms with E-state index >= 15 is 0 Å². The SMILES string of the molecule is CC(=O)Sc1ccc(C(F)(F)F)nc1. The number of pyridine rings is 1. The molecule has 0 aliphatic rings. The lowest BCUT2D eigenvalue weighted by molar-refractivity contribution is -0.141. The number of halogens is 3. The van der Waals surface area contributed by atoms with Crippen molar-refractivity contribution in [2.45, 2.75) is 18.0 Å². The van der Waals surface area contributed by atoms with E-state index in [4.69, 9.17) is 0 Å². The molecule has 0 radical (unpaired) electrons. The molecule has 0 saturated carbocycles. The first-order valence-electron chi connectivity index (χ1n) is 3.61. The first-order chi connectivity index (χ1) is 6.39. The fourth-order valence-electron chi connectivity index (χ4n) is 0.774. The van der Waals surface area contributed by atoms with Crippen LogP contribution in [0.15, 0.2) is 23.2 Å². The quantitative estimate of drug-likeness (QED) is 0.683. The maximum absolute atomic E-state index is 12.0. The molecule has 0 amide bonds. The molecule has 0 aliphatic heterocycles. The monoisotopic (exact) mass is 221 g/mol. The van der Waals surface area contributed by atoms with Crippen LogP contribution >= 0.6 is 11.8 Å². The second kappa shape index (κ2) is 4.00. The number of hydrogen-bond donors (Lipinski definition) is 0. The number of hydrogen-bond acceptors (Lipinski definition) is 3. The van der Waals surface area contributed by atoms with Crippen molar-refractivity contribution in [2.75, 3.05) is 0 Å². The van der Waals surface area contributed by atoms with E-state index in [1.54, 1.807) is 0 Å². The summed E-state index contributed by atoms with van der Waals surface area (Å²) >= 11 is 0.849. The van der Waals surface area contributed by atoms with E-state index in [-0.39, 0.29) is 5.12 Å². The molecule has 0 spiro atoms. The lowest BCUT2D eigenvalue weighted by atomic mass is 10.3. The van der Waals surface area contributed by atoms with Crippen molar-refractivity contribution >= 4 is 16.9 Å². The van der Waals surface area contributed by atoms with Crippen LogP contribution in [-0.4, -0.2) is 10.1 Å². The smallest absolute Gasteiger partial charge is 0.287 e. The summed E-state index contributed by atoms with van der Waals surface area (Å²) in [6.45, 7) is 1.34. The van der Waals surface area contributed by atoms with Gasteiger partial charge in [-0.05, 0) is 12.1 Å². The van der Waals surface area contributed by atoms with Crippen LogP contribution in [0.4, 0.5) is 13.2 Å². The van der Waals surface area contributed by atoms with Gasteiger partial charge in [-0.15, -0.1) is 0 Å². The van der Waals surface area contributed by atoms with Gasteiger partial charge in [0.05, 0.1) is 0 Å². The number of thioether (sulfide) groups is 1. The minimum Gasteiger partial charge on any atom is -0.287 e. The highest BCUT2D eigenvalue weighted by Crippen LogP contribution is 2.28. The minimum absolute atomic E-state index is 0.188. The Kier molecular flexibility index (Phi) is 3.15. The van der Waals surface area contributed by atoms with E-state index in [0.29, 0.717) is 4.90 Å². The van der Waals surface area contributed by atoms with Gasteiger partial charge in [-0.3, -0.25) is 9.78 Å². The summed E-state index contributed by atoms with van der Waals surface area (Å²) < 4.78 is 36.1. The van der Waals surface area contributed by atoms with Gasteiger partial charge < -0.3 is 0 Å². The summed E-state index contributed by atoms with van der Waals surface area (Å²) in [5, 5.41) is -0.188. The Morgan fingerprint density at radius 3 is 2.43 bits per heavy atom. The molecule has 1 aromatic heterocycles. The van der Waals surface area contributed by atoms with Gasteiger partial charge in [-0.1, -0.05) is 11.8 Å². The number of carbonyl (C=O) groups is 1. The van der Waals surface area contributed by atoms with E-state index in [1.165, 1.54) is 13.0 Å². The maximum Gasteiger partial charge on any atom is 0.433 e. The topological polar surface area (TPSA) is 30.0 Å². The van der Waals surface area contributed by atoms with Gasteiger partial charge in [0.15, 0.2) is 5.12 Å². The Morgan fingerprint density at radius 1 is 1.43 bits per heavy atom. The first kappa shape index (κ1) is 11.0. The average molecular weight is 221 g/mol. The summed E-state index contributed by atoms with van der Waals surface area (Å²) in [4.78, 5) is 14.2. The van der Waals surface area contributed by atoms with Crippen LogP contribution in [0, 0.1) is 0 Å². The molecule has 0 unspecified atom stereocenters. The molecule has 1 rings (SSSR count). The van der Waals surface area contributed by atoms with Crippen LogP contribution in [0.1, 0.15) is 12.6 Å². The predicted octanol–water partition coefficient (Wildman–Crippen LogP) is 2.74. The standard InChI is InChI=1S/C8H6F3NOS/c1-5(13)14-6-2-3-7(12-4-6)8(9,10)11/h2-4H,1H3. The van der Waals surface area contributed by atoms with Crippen molar-refractivity contribution in [1.29, 1.82) is 0 Å². The van der Waals surface area contributed by atoms with Crippen molar-refractivity contribution in [2.24, 2.45) is 0 Å². The van der Waals surface area contributed by atoms with Crippen LogP contribution < -0.4 is 0 Å². The Morgan fingerprint density at radius 2 is 2.07 bits per heavy atom. The van der Waals surface area contributed by atoms with Crippen LogP contribution in [0.5, 0.6) is 0 Å². The highest BCUT2D eigenvalue weighted by atomic mass is 32.2. The molecular formula is C8H6F3NOS. The summed E-state index contributed by atoms with van der Waals surface area (Å²) in [5.74, 6) is 0. The molecule has 1 aromatic rings. The Hall–Kier alpha value is -1.04. The molecule has 0 saturated heterocycles. The molecule has 2 nitrogen and oxygen atoms in total. The average Bonchev–Trinajstić information content (AvgIpc) is 2.02. The maximum atomic E-state index is 12.0. The van der Waals surface area contributed by atoms with E-state index in [2.05, 4.69) is 4.98 Å². The third kappa shape index (κ3) is 3.02. The third-order valence-corrected chi connectivity index (χ3v) is 2.05. The molecule has 0 fully saturated rings. The van der Waals surface area contributed by atoms with E-state index in [9.17, 15) is 18.0 Å². The van der Waals surface area contributed by atoms with Gasteiger partial charge >= 0.3 is 6.18 Å². The molecule has 14 heavy (non-hydrogen) atoms. The molecule has 0 N–H and O–H groups in total.